The van der Waals surface area contributed by atoms with E-state index in [-0.39, 0.29) is 0 Å². The van der Waals surface area contributed by atoms with Crippen LogP contribution in [0.15, 0.2) is 24.7 Å². The van der Waals surface area contributed by atoms with Gasteiger partial charge in [-0.2, -0.15) is 10.2 Å². The Bertz CT molecular complexity index is 389. The highest BCUT2D eigenvalue weighted by Crippen LogP contribution is 2.17. The molecule has 0 aliphatic carbocycles. The number of aromatic nitrogens is 3. The Kier molecular flexibility index (Phi) is 1.57. The van der Waals surface area contributed by atoms with Gasteiger partial charge in [-0.05, 0) is 19.9 Å². The van der Waals surface area contributed by atoms with E-state index in [1.807, 2.05) is 0 Å². The zero-order valence-corrected chi connectivity index (χ0v) is 7.23. The molecule has 2 rings (SSSR count). The Hall–Kier alpha value is -1.38. The van der Waals surface area contributed by atoms with Crippen LogP contribution in [0.4, 0.5) is 0 Å². The lowest BCUT2D eigenvalue weighted by atomic mass is 10.3. The van der Waals surface area contributed by atoms with Gasteiger partial charge in [0.25, 0.3) is 0 Å². The summed E-state index contributed by atoms with van der Waals surface area (Å²) in [6.07, 6.45) is 5.66. The standard InChI is InChI=1S/C9H11N3/c1-7(2)12-4-3-8-5-10-11-6-9(8)12/h3-7H,1-2H3. The van der Waals surface area contributed by atoms with Crippen molar-refractivity contribution in [3.8, 4) is 0 Å². The van der Waals surface area contributed by atoms with E-state index >= 15 is 0 Å². The highest BCUT2D eigenvalue weighted by atomic mass is 15.1. The van der Waals surface area contributed by atoms with Crippen molar-refractivity contribution in [2.24, 2.45) is 0 Å². The molecule has 0 spiro atoms. The summed E-state index contributed by atoms with van der Waals surface area (Å²) in [5.74, 6) is 0. The van der Waals surface area contributed by atoms with E-state index in [1.165, 1.54) is 0 Å². The number of fused-ring (bicyclic) bond motifs is 1. The van der Waals surface area contributed by atoms with E-state index in [4.69, 9.17) is 0 Å². The maximum atomic E-state index is 3.86. The average molecular weight is 161 g/mol. The van der Waals surface area contributed by atoms with Crippen LogP contribution in [-0.2, 0) is 0 Å². The van der Waals surface area contributed by atoms with E-state index in [2.05, 4.69) is 40.9 Å². The molecule has 0 aromatic carbocycles. The number of hydrogen-bond donors (Lipinski definition) is 0. The fourth-order valence-corrected chi connectivity index (χ4v) is 1.36. The molecule has 2 aromatic rings. The van der Waals surface area contributed by atoms with Gasteiger partial charge in [-0.3, -0.25) is 0 Å². The molecule has 2 aromatic heterocycles. The molecule has 0 fully saturated rings. The van der Waals surface area contributed by atoms with Crippen molar-refractivity contribution in [3.63, 3.8) is 0 Å². The van der Waals surface area contributed by atoms with Crippen molar-refractivity contribution >= 4 is 10.9 Å². The van der Waals surface area contributed by atoms with Crippen molar-refractivity contribution in [1.82, 2.24) is 14.8 Å². The van der Waals surface area contributed by atoms with Gasteiger partial charge in [-0.15, -0.1) is 0 Å². The van der Waals surface area contributed by atoms with Gasteiger partial charge in [0.15, 0.2) is 0 Å². The number of rotatable bonds is 1. The first-order valence-electron chi connectivity index (χ1n) is 4.06. The van der Waals surface area contributed by atoms with Gasteiger partial charge in [-0.1, -0.05) is 0 Å². The van der Waals surface area contributed by atoms with E-state index in [9.17, 15) is 0 Å². The molecule has 0 saturated heterocycles. The van der Waals surface area contributed by atoms with Crippen LogP contribution < -0.4 is 0 Å². The second kappa shape index (κ2) is 2.59. The third kappa shape index (κ3) is 0.978. The second-order valence-electron chi connectivity index (χ2n) is 3.15. The molecule has 2 heterocycles. The van der Waals surface area contributed by atoms with Crippen molar-refractivity contribution in [3.05, 3.63) is 24.7 Å². The van der Waals surface area contributed by atoms with E-state index in [0.29, 0.717) is 6.04 Å². The fourth-order valence-electron chi connectivity index (χ4n) is 1.36. The van der Waals surface area contributed by atoms with Crippen molar-refractivity contribution in [1.29, 1.82) is 0 Å². The van der Waals surface area contributed by atoms with E-state index in [0.717, 1.165) is 10.9 Å². The molecule has 3 nitrogen and oxygen atoms in total. The predicted molar refractivity (Wildman–Crippen MR) is 47.9 cm³/mol. The molecule has 0 atom stereocenters. The fraction of sp³-hybridized carbons (Fsp3) is 0.333. The smallest absolute Gasteiger partial charge is 0.0739 e. The van der Waals surface area contributed by atoms with Gasteiger partial charge in [0.1, 0.15) is 0 Å². The maximum absolute atomic E-state index is 3.86. The number of nitrogens with zero attached hydrogens (tertiary/aromatic N) is 3. The molecule has 3 heteroatoms. The van der Waals surface area contributed by atoms with Gasteiger partial charge in [0.05, 0.1) is 17.9 Å². The Labute approximate surface area is 71.0 Å². The van der Waals surface area contributed by atoms with Crippen LogP contribution in [0.25, 0.3) is 10.9 Å². The molecule has 0 unspecified atom stereocenters. The van der Waals surface area contributed by atoms with Crippen LogP contribution in [0, 0.1) is 0 Å². The highest BCUT2D eigenvalue weighted by molar-refractivity contribution is 5.78. The summed E-state index contributed by atoms with van der Waals surface area (Å²) >= 11 is 0. The molecule has 0 aliphatic rings. The lowest BCUT2D eigenvalue weighted by Gasteiger charge is -2.07. The Morgan fingerprint density at radius 2 is 2.00 bits per heavy atom. The molecule has 12 heavy (non-hydrogen) atoms. The van der Waals surface area contributed by atoms with Crippen LogP contribution in [0.2, 0.25) is 0 Å². The molecule has 0 bridgehead atoms. The summed E-state index contributed by atoms with van der Waals surface area (Å²) in [4.78, 5) is 0. The van der Waals surface area contributed by atoms with Crippen LogP contribution in [0.3, 0.4) is 0 Å². The Morgan fingerprint density at radius 3 is 2.75 bits per heavy atom. The van der Waals surface area contributed by atoms with Crippen LogP contribution in [0.5, 0.6) is 0 Å². The van der Waals surface area contributed by atoms with Gasteiger partial charge >= 0.3 is 0 Å². The van der Waals surface area contributed by atoms with E-state index in [1.54, 1.807) is 12.4 Å². The average Bonchev–Trinajstić information content (AvgIpc) is 2.47. The molecular weight excluding hydrogens is 150 g/mol. The first-order valence-corrected chi connectivity index (χ1v) is 4.06. The molecule has 0 radical (unpaired) electrons. The quantitative estimate of drug-likeness (QED) is 0.640. The predicted octanol–water partition coefficient (Wildman–Crippen LogP) is 2.01. The maximum Gasteiger partial charge on any atom is 0.0739 e. The summed E-state index contributed by atoms with van der Waals surface area (Å²) < 4.78 is 2.18. The monoisotopic (exact) mass is 161 g/mol. The molecule has 0 saturated carbocycles. The Balaban J connectivity index is 2.70. The first-order chi connectivity index (χ1) is 5.79. The summed E-state index contributed by atoms with van der Waals surface area (Å²) in [6.45, 7) is 4.31. The Morgan fingerprint density at radius 1 is 1.25 bits per heavy atom. The van der Waals surface area contributed by atoms with Gasteiger partial charge in [-0.25, -0.2) is 0 Å². The SMILES string of the molecule is CC(C)n1ccc2cnncc21. The third-order valence-corrected chi connectivity index (χ3v) is 1.99. The van der Waals surface area contributed by atoms with Crippen molar-refractivity contribution in [2.45, 2.75) is 19.9 Å². The largest absolute Gasteiger partial charge is 0.344 e. The minimum absolute atomic E-state index is 0.478. The lowest BCUT2D eigenvalue weighted by molar-refractivity contribution is 0.622. The van der Waals surface area contributed by atoms with Gasteiger partial charge in [0, 0.05) is 17.6 Å². The minimum atomic E-state index is 0.478. The zero-order valence-electron chi connectivity index (χ0n) is 7.23. The highest BCUT2D eigenvalue weighted by Gasteiger charge is 2.02. The lowest BCUT2D eigenvalue weighted by Crippen LogP contribution is -1.98. The van der Waals surface area contributed by atoms with Crippen LogP contribution in [0.1, 0.15) is 19.9 Å². The zero-order chi connectivity index (χ0) is 8.55. The van der Waals surface area contributed by atoms with Crippen LogP contribution in [-0.4, -0.2) is 14.8 Å². The number of hydrogen-bond acceptors (Lipinski definition) is 2. The molecule has 62 valence electrons. The van der Waals surface area contributed by atoms with Crippen LogP contribution >= 0.6 is 0 Å². The normalized spacial score (nSPS) is 11.2. The summed E-state index contributed by atoms with van der Waals surface area (Å²) in [5.41, 5.74) is 1.15. The molecular formula is C9H11N3. The van der Waals surface area contributed by atoms with Crippen molar-refractivity contribution < 1.29 is 0 Å². The summed E-state index contributed by atoms with van der Waals surface area (Å²) in [7, 11) is 0. The van der Waals surface area contributed by atoms with Crippen molar-refractivity contribution in [2.75, 3.05) is 0 Å². The van der Waals surface area contributed by atoms with E-state index < -0.39 is 0 Å². The van der Waals surface area contributed by atoms with Gasteiger partial charge in [0.2, 0.25) is 0 Å². The third-order valence-electron chi connectivity index (χ3n) is 1.99. The topological polar surface area (TPSA) is 30.7 Å². The minimum Gasteiger partial charge on any atom is -0.344 e. The summed E-state index contributed by atoms with van der Waals surface area (Å²) in [5, 5.41) is 8.83. The molecule has 0 aliphatic heterocycles. The first kappa shape index (κ1) is 7.28. The second-order valence-corrected chi connectivity index (χ2v) is 3.15. The molecule has 0 amide bonds. The summed E-state index contributed by atoms with van der Waals surface area (Å²) in [6, 6.07) is 2.54. The van der Waals surface area contributed by atoms with Gasteiger partial charge < -0.3 is 4.57 Å². The molecule has 0 N–H and O–H groups in total.